The van der Waals surface area contributed by atoms with Gasteiger partial charge in [-0.3, -0.25) is 19.6 Å². The predicted molar refractivity (Wildman–Crippen MR) is 90.2 cm³/mol. The number of pyridine rings is 1. The number of carbonyl (C=O) groups excluding carboxylic acids is 1. The Hall–Kier alpha value is -2.93. The van der Waals surface area contributed by atoms with Gasteiger partial charge in [0, 0.05) is 24.8 Å². The molecular weight excluding hydrogens is 332 g/mol. The summed E-state index contributed by atoms with van der Waals surface area (Å²) in [6.45, 7) is 0.385. The maximum atomic E-state index is 12.5. The summed E-state index contributed by atoms with van der Waals surface area (Å²) in [6.07, 6.45) is 1.33. The third-order valence-corrected chi connectivity index (χ3v) is 3.77. The highest BCUT2D eigenvalue weighted by atomic mass is 35.5. The van der Waals surface area contributed by atoms with Crippen molar-refractivity contribution < 1.29 is 4.79 Å². The summed E-state index contributed by atoms with van der Waals surface area (Å²) in [5.41, 5.74) is 0.0959. The molecule has 0 spiro atoms. The third-order valence-electron chi connectivity index (χ3n) is 3.52. The van der Waals surface area contributed by atoms with Crippen molar-refractivity contribution in [2.24, 2.45) is 0 Å². The molecule has 24 heavy (non-hydrogen) atoms. The lowest BCUT2D eigenvalue weighted by molar-refractivity contribution is 0.0785. The van der Waals surface area contributed by atoms with Gasteiger partial charge in [-0.2, -0.15) is 0 Å². The van der Waals surface area contributed by atoms with Crippen LogP contribution in [-0.2, 0) is 6.54 Å². The highest BCUT2D eigenvalue weighted by molar-refractivity contribution is 6.30. The fraction of sp³-hybridized carbons (Fsp3) is 0.125. The van der Waals surface area contributed by atoms with Crippen molar-refractivity contribution in [3.8, 4) is 0 Å². The zero-order valence-electron chi connectivity index (χ0n) is 12.7. The molecule has 122 valence electrons. The van der Waals surface area contributed by atoms with Crippen molar-refractivity contribution in [2.75, 3.05) is 7.05 Å². The molecule has 0 bridgehead atoms. The first-order valence-corrected chi connectivity index (χ1v) is 7.44. The fourth-order valence-electron chi connectivity index (χ4n) is 2.32. The van der Waals surface area contributed by atoms with Crippen LogP contribution in [0, 0.1) is 0 Å². The van der Waals surface area contributed by atoms with E-state index >= 15 is 0 Å². The van der Waals surface area contributed by atoms with Crippen LogP contribution in [0.5, 0.6) is 0 Å². The lowest BCUT2D eigenvalue weighted by atomic mass is 10.2. The van der Waals surface area contributed by atoms with Gasteiger partial charge in [-0.15, -0.1) is 0 Å². The lowest BCUT2D eigenvalue weighted by Gasteiger charge is -2.17. The number of hydrogen-bond acceptors (Lipinski definition) is 4. The highest BCUT2D eigenvalue weighted by Gasteiger charge is 2.14. The van der Waals surface area contributed by atoms with Crippen LogP contribution in [0.4, 0.5) is 0 Å². The van der Waals surface area contributed by atoms with Gasteiger partial charge in [0.1, 0.15) is 5.65 Å². The van der Waals surface area contributed by atoms with Gasteiger partial charge in [-0.25, -0.2) is 9.78 Å². The number of nitrogens with zero attached hydrogens (tertiary/aromatic N) is 2. The molecule has 8 heteroatoms. The number of halogens is 1. The van der Waals surface area contributed by atoms with Crippen LogP contribution in [0.1, 0.15) is 15.9 Å². The SMILES string of the molecule is CN(Cc1ccc(Cl)cc1)C(=O)c1cnc2[nH]c(=O)[nH]c(=O)c2c1. The maximum Gasteiger partial charge on any atom is 0.327 e. The monoisotopic (exact) mass is 344 g/mol. The first-order valence-electron chi connectivity index (χ1n) is 7.06. The van der Waals surface area contributed by atoms with Crippen molar-refractivity contribution in [3.05, 3.63) is 73.5 Å². The van der Waals surface area contributed by atoms with Crippen molar-refractivity contribution >= 4 is 28.5 Å². The van der Waals surface area contributed by atoms with Crippen LogP contribution >= 0.6 is 11.6 Å². The Morgan fingerprint density at radius 2 is 1.92 bits per heavy atom. The Balaban J connectivity index is 1.88. The number of benzene rings is 1. The molecule has 3 aromatic rings. The first kappa shape index (κ1) is 15.9. The molecule has 2 N–H and O–H groups in total. The molecule has 0 saturated heterocycles. The molecule has 0 fully saturated rings. The lowest BCUT2D eigenvalue weighted by Crippen LogP contribution is -2.27. The average molecular weight is 345 g/mol. The van der Waals surface area contributed by atoms with Crippen molar-refractivity contribution in [1.82, 2.24) is 19.9 Å². The second-order valence-electron chi connectivity index (χ2n) is 5.32. The van der Waals surface area contributed by atoms with E-state index in [1.807, 2.05) is 12.1 Å². The number of carbonyl (C=O) groups is 1. The Morgan fingerprint density at radius 3 is 2.62 bits per heavy atom. The number of aromatic nitrogens is 3. The summed E-state index contributed by atoms with van der Waals surface area (Å²) in [5.74, 6) is -0.287. The zero-order chi connectivity index (χ0) is 17.3. The number of hydrogen-bond donors (Lipinski definition) is 2. The normalized spacial score (nSPS) is 10.8. The quantitative estimate of drug-likeness (QED) is 0.752. The molecule has 0 aliphatic carbocycles. The molecule has 2 aromatic heterocycles. The minimum absolute atomic E-state index is 0.139. The molecule has 0 unspecified atom stereocenters. The second kappa shape index (κ2) is 6.29. The van der Waals surface area contributed by atoms with Crippen LogP contribution in [0.25, 0.3) is 11.0 Å². The number of nitrogens with one attached hydrogen (secondary N) is 2. The van der Waals surface area contributed by atoms with Gasteiger partial charge in [0.25, 0.3) is 11.5 Å². The van der Waals surface area contributed by atoms with Gasteiger partial charge < -0.3 is 4.90 Å². The standard InChI is InChI=1S/C16H13ClN4O3/c1-21(8-9-2-4-11(17)5-3-9)15(23)10-6-12-13(18-7-10)19-16(24)20-14(12)22/h2-7H,8H2,1H3,(H2,18,19,20,22,24). The molecule has 0 radical (unpaired) electrons. The molecule has 0 saturated carbocycles. The Morgan fingerprint density at radius 1 is 1.21 bits per heavy atom. The van der Waals surface area contributed by atoms with Crippen LogP contribution in [0.2, 0.25) is 5.02 Å². The zero-order valence-corrected chi connectivity index (χ0v) is 13.4. The predicted octanol–water partition coefficient (Wildman–Crippen LogP) is 1.54. The van der Waals surface area contributed by atoms with Crippen LogP contribution in [0.15, 0.2) is 46.1 Å². The average Bonchev–Trinajstić information content (AvgIpc) is 2.56. The summed E-state index contributed by atoms with van der Waals surface area (Å²) in [4.78, 5) is 45.6. The summed E-state index contributed by atoms with van der Waals surface area (Å²) in [7, 11) is 1.65. The number of amides is 1. The van der Waals surface area contributed by atoms with E-state index in [1.165, 1.54) is 17.2 Å². The van der Waals surface area contributed by atoms with Gasteiger partial charge in [0.05, 0.1) is 10.9 Å². The first-order chi connectivity index (χ1) is 11.4. The highest BCUT2D eigenvalue weighted by Crippen LogP contribution is 2.13. The van der Waals surface area contributed by atoms with Crippen molar-refractivity contribution in [1.29, 1.82) is 0 Å². The molecule has 1 aromatic carbocycles. The van der Waals surface area contributed by atoms with Crippen LogP contribution < -0.4 is 11.2 Å². The van der Waals surface area contributed by atoms with E-state index in [4.69, 9.17) is 11.6 Å². The van der Waals surface area contributed by atoms with E-state index < -0.39 is 11.2 Å². The number of rotatable bonds is 3. The second-order valence-corrected chi connectivity index (χ2v) is 5.75. The van der Waals surface area contributed by atoms with E-state index in [1.54, 1.807) is 19.2 Å². The maximum absolute atomic E-state index is 12.5. The van der Waals surface area contributed by atoms with E-state index in [0.717, 1.165) is 5.56 Å². The van der Waals surface area contributed by atoms with Crippen molar-refractivity contribution in [3.63, 3.8) is 0 Å². The summed E-state index contributed by atoms with van der Waals surface area (Å²) < 4.78 is 0. The molecular formula is C16H13ClN4O3. The summed E-state index contributed by atoms with van der Waals surface area (Å²) in [6, 6.07) is 8.59. The number of aromatic amines is 2. The largest absolute Gasteiger partial charge is 0.337 e. The van der Waals surface area contributed by atoms with Crippen LogP contribution in [-0.4, -0.2) is 32.8 Å². The third kappa shape index (κ3) is 3.21. The molecule has 3 rings (SSSR count). The Bertz CT molecular complexity index is 1020. The van der Waals surface area contributed by atoms with E-state index in [0.29, 0.717) is 11.6 Å². The molecule has 1 amide bonds. The molecule has 0 aliphatic heterocycles. The van der Waals surface area contributed by atoms with Crippen LogP contribution in [0.3, 0.4) is 0 Å². The van der Waals surface area contributed by atoms with E-state index in [2.05, 4.69) is 15.0 Å². The molecule has 2 heterocycles. The van der Waals surface area contributed by atoms with E-state index in [9.17, 15) is 14.4 Å². The van der Waals surface area contributed by atoms with Gasteiger partial charge in [0.15, 0.2) is 0 Å². The number of fused-ring (bicyclic) bond motifs is 1. The molecule has 0 atom stereocenters. The van der Waals surface area contributed by atoms with E-state index in [-0.39, 0.29) is 22.5 Å². The molecule has 0 aliphatic rings. The van der Waals surface area contributed by atoms with Crippen molar-refractivity contribution in [2.45, 2.75) is 6.54 Å². The van der Waals surface area contributed by atoms with Gasteiger partial charge in [-0.05, 0) is 23.8 Å². The van der Waals surface area contributed by atoms with Gasteiger partial charge >= 0.3 is 5.69 Å². The Labute approximate surface area is 140 Å². The smallest absolute Gasteiger partial charge is 0.327 e. The van der Waals surface area contributed by atoms with Gasteiger partial charge in [0.2, 0.25) is 0 Å². The fourth-order valence-corrected chi connectivity index (χ4v) is 2.45. The minimum Gasteiger partial charge on any atom is -0.337 e. The molecule has 7 nitrogen and oxygen atoms in total. The minimum atomic E-state index is -0.640. The summed E-state index contributed by atoms with van der Waals surface area (Å²) >= 11 is 5.84. The van der Waals surface area contributed by atoms with Gasteiger partial charge in [-0.1, -0.05) is 23.7 Å². The Kier molecular flexibility index (Phi) is 4.18. The summed E-state index contributed by atoms with van der Waals surface area (Å²) in [5, 5.41) is 0.778. The topological polar surface area (TPSA) is 98.9 Å². The number of H-pyrrole nitrogens is 2.